The van der Waals surface area contributed by atoms with Crippen LogP contribution < -0.4 is 5.32 Å². The number of benzene rings is 1. The van der Waals surface area contributed by atoms with Crippen molar-refractivity contribution in [2.75, 3.05) is 32.1 Å². The summed E-state index contributed by atoms with van der Waals surface area (Å²) in [6.07, 6.45) is 0.215. The second kappa shape index (κ2) is 8.27. The standard InChI is InChI=1S/C14H19FN2O3/c1-3-20-14(19)10-17(2)8-7-13(18)16-12-6-4-5-11(15)9-12/h4-6,9H,3,7-8,10H2,1-2H3,(H,16,18). The maximum atomic E-state index is 12.9. The smallest absolute Gasteiger partial charge is 0.320 e. The summed E-state index contributed by atoms with van der Waals surface area (Å²) in [6.45, 7) is 2.64. The molecule has 0 atom stereocenters. The molecule has 1 aromatic carbocycles. The Kier molecular flexibility index (Phi) is 6.66. The highest BCUT2D eigenvalue weighted by Gasteiger charge is 2.09. The van der Waals surface area contributed by atoms with Crippen LogP contribution in [0.15, 0.2) is 24.3 Å². The van der Waals surface area contributed by atoms with E-state index in [1.807, 2.05) is 0 Å². The number of halogens is 1. The van der Waals surface area contributed by atoms with Crippen molar-refractivity contribution in [3.63, 3.8) is 0 Å². The van der Waals surface area contributed by atoms with Crippen LogP contribution in [0, 0.1) is 5.82 Å². The van der Waals surface area contributed by atoms with Gasteiger partial charge in [0.05, 0.1) is 13.2 Å². The highest BCUT2D eigenvalue weighted by molar-refractivity contribution is 5.90. The maximum Gasteiger partial charge on any atom is 0.320 e. The number of ether oxygens (including phenoxy) is 1. The lowest BCUT2D eigenvalue weighted by Gasteiger charge is -2.15. The van der Waals surface area contributed by atoms with Gasteiger partial charge in [0.2, 0.25) is 5.91 Å². The van der Waals surface area contributed by atoms with Crippen LogP contribution in [0.3, 0.4) is 0 Å². The van der Waals surface area contributed by atoms with Crippen molar-refractivity contribution in [1.29, 1.82) is 0 Å². The first-order chi connectivity index (χ1) is 9.51. The molecule has 0 unspecified atom stereocenters. The van der Waals surface area contributed by atoms with E-state index in [0.29, 0.717) is 18.8 Å². The number of hydrogen-bond acceptors (Lipinski definition) is 4. The third-order valence-corrected chi connectivity index (χ3v) is 2.53. The van der Waals surface area contributed by atoms with Gasteiger partial charge < -0.3 is 10.1 Å². The van der Waals surface area contributed by atoms with Crippen molar-refractivity contribution < 1.29 is 18.7 Å². The molecule has 0 radical (unpaired) electrons. The first-order valence-corrected chi connectivity index (χ1v) is 6.41. The SMILES string of the molecule is CCOC(=O)CN(C)CCC(=O)Nc1cccc(F)c1. The molecule has 6 heteroatoms. The van der Waals surface area contributed by atoms with Gasteiger partial charge in [0, 0.05) is 18.7 Å². The minimum Gasteiger partial charge on any atom is -0.465 e. The number of likely N-dealkylation sites (N-methyl/N-ethyl adjacent to an activating group) is 1. The summed E-state index contributed by atoms with van der Waals surface area (Å²) in [5, 5.41) is 2.59. The maximum absolute atomic E-state index is 12.9. The van der Waals surface area contributed by atoms with Gasteiger partial charge >= 0.3 is 5.97 Å². The van der Waals surface area contributed by atoms with E-state index in [9.17, 15) is 14.0 Å². The summed E-state index contributed by atoms with van der Waals surface area (Å²) < 4.78 is 17.7. The summed E-state index contributed by atoms with van der Waals surface area (Å²) in [4.78, 5) is 24.6. The van der Waals surface area contributed by atoms with E-state index >= 15 is 0 Å². The molecule has 0 fully saturated rings. The average molecular weight is 282 g/mol. The fourth-order valence-corrected chi connectivity index (χ4v) is 1.59. The normalized spacial score (nSPS) is 10.4. The van der Waals surface area contributed by atoms with E-state index in [4.69, 9.17) is 4.74 Å². The Morgan fingerprint density at radius 2 is 2.15 bits per heavy atom. The van der Waals surface area contributed by atoms with Gasteiger partial charge in [0.15, 0.2) is 0 Å². The molecule has 1 N–H and O–H groups in total. The fraction of sp³-hybridized carbons (Fsp3) is 0.429. The summed E-state index contributed by atoms with van der Waals surface area (Å²) in [5.74, 6) is -0.950. The van der Waals surface area contributed by atoms with Gasteiger partial charge in [-0.25, -0.2) is 4.39 Å². The Labute approximate surface area is 117 Å². The summed E-state index contributed by atoms with van der Waals surface area (Å²) in [5.41, 5.74) is 0.419. The number of anilines is 1. The summed E-state index contributed by atoms with van der Waals surface area (Å²) >= 11 is 0. The molecule has 0 saturated heterocycles. The van der Waals surface area contributed by atoms with Gasteiger partial charge in [-0.3, -0.25) is 14.5 Å². The summed E-state index contributed by atoms with van der Waals surface area (Å²) in [6, 6.07) is 5.70. The van der Waals surface area contributed by atoms with Gasteiger partial charge in [-0.15, -0.1) is 0 Å². The molecule has 0 aliphatic rings. The van der Waals surface area contributed by atoms with Crippen molar-refractivity contribution in [1.82, 2.24) is 4.90 Å². The second-order valence-electron chi connectivity index (χ2n) is 4.35. The van der Waals surface area contributed by atoms with Gasteiger partial charge in [-0.05, 0) is 32.2 Å². The van der Waals surface area contributed by atoms with E-state index in [1.54, 1.807) is 24.9 Å². The Morgan fingerprint density at radius 1 is 1.40 bits per heavy atom. The van der Waals surface area contributed by atoms with Crippen LogP contribution in [-0.4, -0.2) is 43.5 Å². The molecule has 0 saturated carbocycles. The van der Waals surface area contributed by atoms with E-state index in [2.05, 4.69) is 5.32 Å². The zero-order valence-corrected chi connectivity index (χ0v) is 11.7. The fourth-order valence-electron chi connectivity index (χ4n) is 1.59. The molecular formula is C14H19FN2O3. The predicted molar refractivity (Wildman–Crippen MR) is 73.8 cm³/mol. The largest absolute Gasteiger partial charge is 0.465 e. The number of rotatable bonds is 7. The lowest BCUT2D eigenvalue weighted by Crippen LogP contribution is -2.30. The molecule has 0 aliphatic heterocycles. The van der Waals surface area contributed by atoms with Crippen LogP contribution in [0.5, 0.6) is 0 Å². The molecule has 1 rings (SSSR count). The van der Waals surface area contributed by atoms with Crippen LogP contribution in [-0.2, 0) is 14.3 Å². The van der Waals surface area contributed by atoms with Crippen LogP contribution in [0.25, 0.3) is 0 Å². The molecule has 110 valence electrons. The number of esters is 1. The number of carbonyl (C=O) groups excluding carboxylic acids is 2. The molecule has 20 heavy (non-hydrogen) atoms. The molecule has 0 aromatic heterocycles. The molecule has 0 aliphatic carbocycles. The first kappa shape index (κ1) is 16.1. The quantitative estimate of drug-likeness (QED) is 0.773. The number of carbonyl (C=O) groups is 2. The summed E-state index contributed by atoms with van der Waals surface area (Å²) in [7, 11) is 1.73. The minimum atomic E-state index is -0.401. The van der Waals surface area contributed by atoms with E-state index in [0.717, 1.165) is 0 Å². The lowest BCUT2D eigenvalue weighted by molar-refractivity contribution is -0.144. The second-order valence-corrected chi connectivity index (χ2v) is 4.35. The molecule has 0 heterocycles. The molecule has 1 amide bonds. The van der Waals surface area contributed by atoms with E-state index < -0.39 is 5.82 Å². The Balaban J connectivity index is 2.31. The molecule has 5 nitrogen and oxygen atoms in total. The van der Waals surface area contributed by atoms with Crippen molar-refractivity contribution in [2.45, 2.75) is 13.3 Å². The van der Waals surface area contributed by atoms with Crippen LogP contribution in [0.4, 0.5) is 10.1 Å². The monoisotopic (exact) mass is 282 g/mol. The molecule has 0 spiro atoms. The van der Waals surface area contributed by atoms with Crippen LogP contribution in [0.2, 0.25) is 0 Å². The van der Waals surface area contributed by atoms with Gasteiger partial charge in [-0.1, -0.05) is 6.07 Å². The topological polar surface area (TPSA) is 58.6 Å². The van der Waals surface area contributed by atoms with Gasteiger partial charge in [0.1, 0.15) is 5.82 Å². The van der Waals surface area contributed by atoms with Crippen molar-refractivity contribution in [2.24, 2.45) is 0 Å². The van der Waals surface area contributed by atoms with Crippen LogP contribution in [0.1, 0.15) is 13.3 Å². The minimum absolute atomic E-state index is 0.140. The zero-order chi connectivity index (χ0) is 15.0. The Hall–Kier alpha value is -1.95. The third-order valence-electron chi connectivity index (χ3n) is 2.53. The number of amides is 1. The first-order valence-electron chi connectivity index (χ1n) is 6.41. The molecule has 0 bridgehead atoms. The highest BCUT2D eigenvalue weighted by atomic mass is 19.1. The lowest BCUT2D eigenvalue weighted by atomic mass is 10.3. The Morgan fingerprint density at radius 3 is 2.80 bits per heavy atom. The van der Waals surface area contributed by atoms with E-state index in [-0.39, 0.29) is 24.8 Å². The number of hydrogen-bond donors (Lipinski definition) is 1. The van der Waals surface area contributed by atoms with Crippen molar-refractivity contribution in [3.8, 4) is 0 Å². The Bertz CT molecular complexity index is 465. The average Bonchev–Trinajstić information content (AvgIpc) is 2.36. The van der Waals surface area contributed by atoms with Gasteiger partial charge in [0.25, 0.3) is 0 Å². The van der Waals surface area contributed by atoms with Crippen LogP contribution >= 0.6 is 0 Å². The zero-order valence-electron chi connectivity index (χ0n) is 11.7. The third kappa shape index (κ3) is 6.29. The van der Waals surface area contributed by atoms with Crippen molar-refractivity contribution >= 4 is 17.6 Å². The van der Waals surface area contributed by atoms with Gasteiger partial charge in [-0.2, -0.15) is 0 Å². The highest BCUT2D eigenvalue weighted by Crippen LogP contribution is 2.09. The molecular weight excluding hydrogens is 263 g/mol. The van der Waals surface area contributed by atoms with E-state index in [1.165, 1.54) is 18.2 Å². The van der Waals surface area contributed by atoms with Crippen molar-refractivity contribution in [3.05, 3.63) is 30.1 Å². The number of nitrogens with one attached hydrogen (secondary N) is 1. The predicted octanol–water partition coefficient (Wildman–Crippen LogP) is 1.65. The molecule has 1 aromatic rings. The number of nitrogens with zero attached hydrogens (tertiary/aromatic N) is 1.